The lowest BCUT2D eigenvalue weighted by Gasteiger charge is -2.50. The van der Waals surface area contributed by atoms with E-state index in [1.807, 2.05) is 35.0 Å². The zero-order valence-corrected chi connectivity index (χ0v) is 16.2. The van der Waals surface area contributed by atoms with Crippen molar-refractivity contribution in [3.63, 3.8) is 0 Å². The van der Waals surface area contributed by atoms with Crippen LogP contribution in [0, 0.1) is 6.92 Å². The molecule has 0 aliphatic carbocycles. The Hall–Kier alpha value is -2.38. The molecule has 0 saturated carbocycles. The van der Waals surface area contributed by atoms with E-state index in [0.717, 1.165) is 56.0 Å². The van der Waals surface area contributed by atoms with Gasteiger partial charge in [0.25, 0.3) is 0 Å². The van der Waals surface area contributed by atoms with Gasteiger partial charge in [-0.2, -0.15) is 10.2 Å². The fourth-order valence-corrected chi connectivity index (χ4v) is 4.31. The zero-order valence-electron chi connectivity index (χ0n) is 16.2. The summed E-state index contributed by atoms with van der Waals surface area (Å²) in [6.45, 7) is 10.5. The fourth-order valence-electron chi connectivity index (χ4n) is 4.31. The lowest BCUT2D eigenvalue weighted by molar-refractivity contribution is -0.131. The Morgan fingerprint density at radius 2 is 1.81 bits per heavy atom. The molecule has 0 amide bonds. The van der Waals surface area contributed by atoms with E-state index in [2.05, 4.69) is 46.0 Å². The maximum absolute atomic E-state index is 5.45. The highest BCUT2D eigenvalue weighted by Crippen LogP contribution is 2.31. The summed E-state index contributed by atoms with van der Waals surface area (Å²) in [4.78, 5) is 5.09. The van der Waals surface area contributed by atoms with Crippen LogP contribution in [-0.4, -0.2) is 69.4 Å². The van der Waals surface area contributed by atoms with Crippen molar-refractivity contribution in [3.05, 3.63) is 36.3 Å². The number of aryl methyl sites for hydroxylation is 2. The molecule has 0 spiro atoms. The molecule has 0 atom stereocenters. The molecule has 5 rings (SSSR count). The van der Waals surface area contributed by atoms with Gasteiger partial charge in [-0.25, -0.2) is 4.68 Å². The third-order valence-electron chi connectivity index (χ3n) is 6.03. The molecule has 4 heterocycles. The Balaban J connectivity index is 1.44. The van der Waals surface area contributed by atoms with Gasteiger partial charge in [-0.15, -0.1) is 0 Å². The highest BCUT2D eigenvalue weighted by atomic mass is 16.5. The first-order chi connectivity index (χ1) is 13.0. The van der Waals surface area contributed by atoms with Crippen LogP contribution in [0.2, 0.25) is 0 Å². The Kier molecular flexibility index (Phi) is 3.77. The number of benzene rings is 1. The van der Waals surface area contributed by atoms with Crippen molar-refractivity contribution < 1.29 is 4.74 Å². The standard InChI is InChI=1S/C20H26N6O/c1-15-8-16-10-22-26(17-11-21-23(3)12-17)19(16)9-18(15)24-4-6-25(7-5-24)20(2)13-27-14-20/h8-12H,4-7,13-14H2,1-3H3. The molecule has 27 heavy (non-hydrogen) atoms. The number of hydrogen-bond acceptors (Lipinski definition) is 5. The first-order valence-corrected chi connectivity index (χ1v) is 9.59. The molecule has 0 radical (unpaired) electrons. The van der Waals surface area contributed by atoms with Gasteiger partial charge in [0, 0.05) is 44.3 Å². The molecule has 2 saturated heterocycles. The van der Waals surface area contributed by atoms with Crippen LogP contribution in [0.15, 0.2) is 30.7 Å². The second-order valence-electron chi connectivity index (χ2n) is 8.09. The number of aromatic nitrogens is 4. The second-order valence-corrected chi connectivity index (χ2v) is 8.09. The first kappa shape index (κ1) is 16.8. The summed E-state index contributed by atoms with van der Waals surface area (Å²) >= 11 is 0. The largest absolute Gasteiger partial charge is 0.377 e. The Bertz CT molecular complexity index is 978. The lowest BCUT2D eigenvalue weighted by Crippen LogP contribution is -2.64. The van der Waals surface area contributed by atoms with E-state index in [9.17, 15) is 0 Å². The van der Waals surface area contributed by atoms with E-state index in [4.69, 9.17) is 4.74 Å². The molecule has 3 aromatic rings. The summed E-state index contributed by atoms with van der Waals surface area (Å²) in [5, 5.41) is 10.0. The number of rotatable bonds is 3. The van der Waals surface area contributed by atoms with Crippen LogP contribution in [0.4, 0.5) is 5.69 Å². The number of ether oxygens (including phenoxy) is 1. The van der Waals surface area contributed by atoms with Crippen LogP contribution in [-0.2, 0) is 11.8 Å². The van der Waals surface area contributed by atoms with E-state index >= 15 is 0 Å². The van der Waals surface area contributed by atoms with E-state index in [1.54, 1.807) is 0 Å². The first-order valence-electron chi connectivity index (χ1n) is 9.59. The molecule has 2 aliphatic rings. The smallest absolute Gasteiger partial charge is 0.103 e. The molecule has 1 aromatic carbocycles. The normalized spacial score (nSPS) is 20.2. The van der Waals surface area contributed by atoms with Gasteiger partial charge in [0.05, 0.1) is 42.9 Å². The summed E-state index contributed by atoms with van der Waals surface area (Å²) in [5.41, 5.74) is 4.97. The lowest BCUT2D eigenvalue weighted by atomic mass is 9.96. The average molecular weight is 366 g/mol. The van der Waals surface area contributed by atoms with Crippen LogP contribution >= 0.6 is 0 Å². The van der Waals surface area contributed by atoms with Crippen molar-refractivity contribution in [1.82, 2.24) is 24.5 Å². The maximum atomic E-state index is 5.45. The van der Waals surface area contributed by atoms with E-state index in [1.165, 1.54) is 11.3 Å². The van der Waals surface area contributed by atoms with Crippen molar-refractivity contribution in [2.75, 3.05) is 44.3 Å². The molecule has 0 N–H and O–H groups in total. The van der Waals surface area contributed by atoms with Crippen molar-refractivity contribution in [3.8, 4) is 5.69 Å². The predicted molar refractivity (Wildman–Crippen MR) is 106 cm³/mol. The maximum Gasteiger partial charge on any atom is 0.103 e. The average Bonchev–Trinajstić information content (AvgIpc) is 3.24. The summed E-state index contributed by atoms with van der Waals surface area (Å²) in [7, 11) is 1.93. The van der Waals surface area contributed by atoms with Crippen LogP contribution in [0.5, 0.6) is 0 Å². The summed E-state index contributed by atoms with van der Waals surface area (Å²) in [6.07, 6.45) is 5.78. The van der Waals surface area contributed by atoms with Crippen LogP contribution in [0.1, 0.15) is 12.5 Å². The SMILES string of the molecule is Cc1cc2cnn(-c3cnn(C)c3)c2cc1N1CCN(C2(C)COC2)CC1. The van der Waals surface area contributed by atoms with Crippen LogP contribution in [0.25, 0.3) is 16.6 Å². The number of hydrogen-bond donors (Lipinski definition) is 0. The molecular weight excluding hydrogens is 340 g/mol. The van der Waals surface area contributed by atoms with E-state index in [0.29, 0.717) is 0 Å². The molecule has 142 valence electrons. The third-order valence-corrected chi connectivity index (χ3v) is 6.03. The van der Waals surface area contributed by atoms with E-state index < -0.39 is 0 Å². The molecule has 0 bridgehead atoms. The monoisotopic (exact) mass is 366 g/mol. The van der Waals surface area contributed by atoms with Crippen molar-refractivity contribution >= 4 is 16.6 Å². The van der Waals surface area contributed by atoms with Crippen molar-refractivity contribution in [2.24, 2.45) is 7.05 Å². The van der Waals surface area contributed by atoms with Gasteiger partial charge in [-0.05, 0) is 31.5 Å². The number of nitrogens with zero attached hydrogens (tertiary/aromatic N) is 6. The summed E-state index contributed by atoms with van der Waals surface area (Å²) in [5.74, 6) is 0. The highest BCUT2D eigenvalue weighted by Gasteiger charge is 2.40. The quantitative estimate of drug-likeness (QED) is 0.709. The van der Waals surface area contributed by atoms with Gasteiger partial charge in [-0.1, -0.05) is 0 Å². The minimum absolute atomic E-state index is 0.240. The van der Waals surface area contributed by atoms with Gasteiger partial charge in [0.15, 0.2) is 0 Å². The molecular formula is C20H26N6O. The summed E-state index contributed by atoms with van der Waals surface area (Å²) in [6, 6.07) is 4.53. The number of anilines is 1. The third kappa shape index (κ3) is 2.73. The van der Waals surface area contributed by atoms with Gasteiger partial charge in [0.2, 0.25) is 0 Å². The van der Waals surface area contributed by atoms with E-state index in [-0.39, 0.29) is 5.54 Å². The predicted octanol–water partition coefficient (Wildman–Crippen LogP) is 1.98. The van der Waals surface area contributed by atoms with Gasteiger partial charge < -0.3 is 9.64 Å². The molecule has 0 unspecified atom stereocenters. The molecule has 2 fully saturated rings. The minimum atomic E-state index is 0.240. The molecule has 7 nitrogen and oxygen atoms in total. The van der Waals surface area contributed by atoms with Crippen molar-refractivity contribution in [1.29, 1.82) is 0 Å². The topological polar surface area (TPSA) is 51.4 Å². The Morgan fingerprint density at radius 3 is 2.44 bits per heavy atom. The Labute approximate surface area is 159 Å². The summed E-state index contributed by atoms with van der Waals surface area (Å²) < 4.78 is 9.23. The molecule has 2 aromatic heterocycles. The Morgan fingerprint density at radius 1 is 1.04 bits per heavy atom. The minimum Gasteiger partial charge on any atom is -0.377 e. The van der Waals surface area contributed by atoms with Crippen LogP contribution in [0.3, 0.4) is 0 Å². The second kappa shape index (κ2) is 6.07. The number of fused-ring (bicyclic) bond motifs is 1. The molecule has 7 heteroatoms. The fraction of sp³-hybridized carbons (Fsp3) is 0.500. The van der Waals surface area contributed by atoms with Crippen molar-refractivity contribution in [2.45, 2.75) is 19.4 Å². The zero-order chi connectivity index (χ0) is 18.6. The highest BCUT2D eigenvalue weighted by molar-refractivity contribution is 5.85. The molecule has 2 aliphatic heterocycles. The van der Waals surface area contributed by atoms with Gasteiger partial charge in [-0.3, -0.25) is 9.58 Å². The number of piperazine rings is 1. The van der Waals surface area contributed by atoms with Gasteiger partial charge >= 0.3 is 0 Å². The van der Waals surface area contributed by atoms with Crippen LogP contribution < -0.4 is 4.90 Å². The van der Waals surface area contributed by atoms with Gasteiger partial charge in [0.1, 0.15) is 5.69 Å².